The van der Waals surface area contributed by atoms with E-state index in [0.29, 0.717) is 17.2 Å². The number of nitrogens with zero attached hydrogens (tertiary/aromatic N) is 2. The van der Waals surface area contributed by atoms with E-state index in [1.807, 2.05) is 0 Å². The summed E-state index contributed by atoms with van der Waals surface area (Å²) in [5.74, 6) is 0.826. The minimum absolute atomic E-state index is 0.00429. The molecule has 144 valence electrons. The second-order valence-corrected chi connectivity index (χ2v) is 7.23. The number of hydrogen-bond acceptors (Lipinski definition) is 4. The molecule has 1 N–H and O–H groups in total. The van der Waals surface area contributed by atoms with Crippen LogP contribution in [0.25, 0.3) is 0 Å². The van der Waals surface area contributed by atoms with Gasteiger partial charge in [0, 0.05) is 12.5 Å². The fourth-order valence-electron chi connectivity index (χ4n) is 2.94. The number of carbonyl (C=O) groups excluding carboxylic acids is 1. The van der Waals surface area contributed by atoms with Crippen LogP contribution in [0.2, 0.25) is 0 Å². The summed E-state index contributed by atoms with van der Waals surface area (Å²) < 4.78 is 50.9. The monoisotopic (exact) mass is 445 g/mol. The second kappa shape index (κ2) is 6.74. The first-order valence-electron chi connectivity index (χ1n) is 8.31. The molecule has 2 heterocycles. The molecule has 0 unspecified atom stereocenters. The lowest BCUT2D eigenvalue weighted by Gasteiger charge is -2.09. The Morgan fingerprint density at radius 1 is 1.30 bits per heavy atom. The van der Waals surface area contributed by atoms with Gasteiger partial charge in [0.05, 0.1) is 10.2 Å². The Hall–Kier alpha value is -2.23. The Morgan fingerprint density at radius 3 is 2.74 bits per heavy atom. The van der Waals surface area contributed by atoms with Crippen molar-refractivity contribution in [3.63, 3.8) is 0 Å². The predicted molar refractivity (Wildman–Crippen MR) is 91.3 cm³/mol. The van der Waals surface area contributed by atoms with Crippen molar-refractivity contribution in [2.24, 2.45) is 0 Å². The summed E-state index contributed by atoms with van der Waals surface area (Å²) in [6, 6.07) is 5.29. The molecule has 1 aromatic heterocycles. The molecule has 6 nitrogen and oxygen atoms in total. The number of fused-ring (bicyclic) bond motifs is 1. The Bertz CT molecular complexity index is 894. The van der Waals surface area contributed by atoms with Gasteiger partial charge in [-0.05, 0) is 46.5 Å². The molecule has 0 saturated heterocycles. The summed E-state index contributed by atoms with van der Waals surface area (Å²) in [7, 11) is 0. The van der Waals surface area contributed by atoms with E-state index in [2.05, 4.69) is 26.3 Å². The maximum absolute atomic E-state index is 13.1. The molecule has 0 spiro atoms. The summed E-state index contributed by atoms with van der Waals surface area (Å²) in [5, 5.41) is 6.33. The highest BCUT2D eigenvalue weighted by Crippen LogP contribution is 2.46. The second-order valence-electron chi connectivity index (χ2n) is 6.44. The first kappa shape index (κ1) is 18.1. The van der Waals surface area contributed by atoms with Gasteiger partial charge >= 0.3 is 6.18 Å². The number of ether oxygens (including phenoxy) is 2. The first-order chi connectivity index (χ1) is 12.8. The number of alkyl halides is 3. The van der Waals surface area contributed by atoms with Crippen LogP contribution in [0.4, 0.5) is 13.2 Å². The van der Waals surface area contributed by atoms with Crippen LogP contribution in [-0.4, -0.2) is 22.5 Å². The van der Waals surface area contributed by atoms with Gasteiger partial charge in [-0.25, -0.2) is 0 Å². The van der Waals surface area contributed by atoms with Crippen molar-refractivity contribution in [2.45, 2.75) is 38.0 Å². The van der Waals surface area contributed by atoms with Gasteiger partial charge in [0.15, 0.2) is 17.2 Å². The number of amides is 1. The van der Waals surface area contributed by atoms with Gasteiger partial charge < -0.3 is 14.8 Å². The zero-order chi connectivity index (χ0) is 19.2. The van der Waals surface area contributed by atoms with E-state index < -0.39 is 17.8 Å². The molecule has 2 aliphatic rings. The van der Waals surface area contributed by atoms with Gasteiger partial charge in [-0.15, -0.1) is 0 Å². The van der Waals surface area contributed by atoms with Gasteiger partial charge in [0.2, 0.25) is 12.7 Å². The standard InChI is InChI=1S/C17H15BrF3N3O3/c18-14-15(10-2-3-10)24(23-16(14)17(19,20)21)7-13(25)22-6-9-1-4-11-12(5-9)27-8-26-11/h1,4-5,10H,2-3,6-8H2,(H,22,25). The van der Waals surface area contributed by atoms with E-state index in [1.54, 1.807) is 18.2 Å². The molecule has 2 aromatic rings. The predicted octanol–water partition coefficient (Wildman–Crippen LogP) is 3.59. The summed E-state index contributed by atoms with van der Waals surface area (Å²) >= 11 is 3.01. The number of aromatic nitrogens is 2. The average molecular weight is 446 g/mol. The third-order valence-corrected chi connectivity index (χ3v) is 5.17. The molecule has 1 saturated carbocycles. The van der Waals surface area contributed by atoms with Crippen molar-refractivity contribution in [3.8, 4) is 11.5 Å². The number of nitrogens with one attached hydrogen (secondary N) is 1. The molecule has 1 aromatic carbocycles. The van der Waals surface area contributed by atoms with Crippen molar-refractivity contribution in [2.75, 3.05) is 6.79 Å². The lowest BCUT2D eigenvalue weighted by molar-refractivity contribution is -0.142. The molecule has 1 amide bonds. The molecular formula is C17H15BrF3N3O3. The SMILES string of the molecule is O=C(Cn1nc(C(F)(F)F)c(Br)c1C1CC1)NCc1ccc2c(c1)OCO2. The maximum Gasteiger partial charge on any atom is 0.436 e. The van der Waals surface area contributed by atoms with E-state index in [-0.39, 0.29) is 30.3 Å². The highest BCUT2D eigenvalue weighted by molar-refractivity contribution is 9.10. The molecule has 0 radical (unpaired) electrons. The number of benzene rings is 1. The van der Waals surface area contributed by atoms with Crippen molar-refractivity contribution in [1.29, 1.82) is 0 Å². The molecule has 1 fully saturated rings. The highest BCUT2D eigenvalue weighted by Gasteiger charge is 2.41. The summed E-state index contributed by atoms with van der Waals surface area (Å²) in [6.07, 6.45) is -2.99. The fraction of sp³-hybridized carbons (Fsp3) is 0.412. The summed E-state index contributed by atoms with van der Waals surface area (Å²) in [4.78, 5) is 12.3. The zero-order valence-electron chi connectivity index (χ0n) is 14.0. The lowest BCUT2D eigenvalue weighted by Crippen LogP contribution is -2.28. The Morgan fingerprint density at radius 2 is 2.04 bits per heavy atom. The average Bonchev–Trinajstić information content (AvgIpc) is 3.22. The topological polar surface area (TPSA) is 65.4 Å². The van der Waals surface area contributed by atoms with Crippen LogP contribution in [0, 0.1) is 0 Å². The van der Waals surface area contributed by atoms with Gasteiger partial charge in [-0.3, -0.25) is 9.48 Å². The van der Waals surface area contributed by atoms with Crippen molar-refractivity contribution in [3.05, 3.63) is 39.6 Å². The smallest absolute Gasteiger partial charge is 0.436 e. The summed E-state index contributed by atoms with van der Waals surface area (Å²) in [5.41, 5.74) is 0.237. The van der Waals surface area contributed by atoms with E-state index in [0.717, 1.165) is 23.1 Å². The van der Waals surface area contributed by atoms with Crippen LogP contribution in [0.1, 0.15) is 35.7 Å². The van der Waals surface area contributed by atoms with E-state index in [4.69, 9.17) is 9.47 Å². The molecule has 10 heteroatoms. The van der Waals surface area contributed by atoms with E-state index in [9.17, 15) is 18.0 Å². The molecule has 0 atom stereocenters. The van der Waals surface area contributed by atoms with Crippen molar-refractivity contribution < 1.29 is 27.4 Å². The Labute approximate surface area is 160 Å². The van der Waals surface area contributed by atoms with Crippen LogP contribution < -0.4 is 14.8 Å². The first-order valence-corrected chi connectivity index (χ1v) is 9.11. The third-order valence-electron chi connectivity index (χ3n) is 4.38. The molecule has 1 aliphatic carbocycles. The van der Waals surface area contributed by atoms with Crippen LogP contribution >= 0.6 is 15.9 Å². The highest BCUT2D eigenvalue weighted by atomic mass is 79.9. The Kier molecular flexibility index (Phi) is 4.53. The fourth-order valence-corrected chi connectivity index (χ4v) is 3.78. The zero-order valence-corrected chi connectivity index (χ0v) is 15.6. The van der Waals surface area contributed by atoms with Crippen molar-refractivity contribution >= 4 is 21.8 Å². The van der Waals surface area contributed by atoms with Crippen LogP contribution in [0.3, 0.4) is 0 Å². The largest absolute Gasteiger partial charge is 0.454 e. The molecule has 4 rings (SSSR count). The van der Waals surface area contributed by atoms with Crippen molar-refractivity contribution in [1.82, 2.24) is 15.1 Å². The molecule has 1 aliphatic heterocycles. The minimum Gasteiger partial charge on any atom is -0.454 e. The lowest BCUT2D eigenvalue weighted by atomic mass is 10.2. The van der Waals surface area contributed by atoms with Gasteiger partial charge in [-0.1, -0.05) is 6.07 Å². The third kappa shape index (κ3) is 3.76. The number of carbonyl (C=O) groups is 1. The minimum atomic E-state index is -4.57. The Balaban J connectivity index is 1.45. The number of hydrogen-bond donors (Lipinski definition) is 1. The molecule has 27 heavy (non-hydrogen) atoms. The summed E-state index contributed by atoms with van der Waals surface area (Å²) in [6.45, 7) is 0.110. The van der Waals surface area contributed by atoms with Gasteiger partial charge in [-0.2, -0.15) is 18.3 Å². The quantitative estimate of drug-likeness (QED) is 0.763. The van der Waals surface area contributed by atoms with Crippen LogP contribution in [0.5, 0.6) is 11.5 Å². The number of halogens is 4. The van der Waals surface area contributed by atoms with Crippen LogP contribution in [-0.2, 0) is 24.1 Å². The van der Waals surface area contributed by atoms with Gasteiger partial charge in [0.25, 0.3) is 0 Å². The van der Waals surface area contributed by atoms with Gasteiger partial charge in [0.1, 0.15) is 6.54 Å². The molecular weight excluding hydrogens is 431 g/mol. The van der Waals surface area contributed by atoms with E-state index >= 15 is 0 Å². The normalized spacial score (nSPS) is 15.9. The number of rotatable bonds is 5. The molecule has 0 bridgehead atoms. The van der Waals surface area contributed by atoms with Crippen LogP contribution in [0.15, 0.2) is 22.7 Å². The van der Waals surface area contributed by atoms with E-state index in [1.165, 1.54) is 0 Å². The maximum atomic E-state index is 13.1.